The number of carbonyl (C=O) groups is 1. The Labute approximate surface area is 134 Å². The monoisotopic (exact) mass is 332 g/mol. The van der Waals surface area contributed by atoms with E-state index in [2.05, 4.69) is 5.32 Å². The highest BCUT2D eigenvalue weighted by molar-refractivity contribution is 6.32. The lowest BCUT2D eigenvalue weighted by Gasteiger charge is -2.41. The van der Waals surface area contributed by atoms with Crippen LogP contribution in [0.3, 0.4) is 0 Å². The fourth-order valence-electron chi connectivity index (χ4n) is 2.70. The van der Waals surface area contributed by atoms with E-state index in [9.17, 15) is 9.18 Å². The number of hydrogen-bond acceptors (Lipinski definition) is 2. The molecule has 1 saturated heterocycles. The number of benzene rings is 1. The summed E-state index contributed by atoms with van der Waals surface area (Å²) in [5, 5.41) is 3.48. The van der Waals surface area contributed by atoms with Crippen LogP contribution in [-0.4, -0.2) is 29.4 Å². The molecule has 1 aromatic rings. The van der Waals surface area contributed by atoms with Gasteiger partial charge in [-0.15, -0.1) is 11.6 Å². The van der Waals surface area contributed by atoms with Crippen LogP contribution < -0.4 is 5.32 Å². The molecule has 6 heteroatoms. The molecule has 1 fully saturated rings. The predicted molar refractivity (Wildman–Crippen MR) is 83.2 cm³/mol. The average Bonchev–Trinajstić information content (AvgIpc) is 2.40. The van der Waals surface area contributed by atoms with Gasteiger partial charge in [0.25, 0.3) is 0 Å². The summed E-state index contributed by atoms with van der Waals surface area (Å²) in [5.74, 6) is -0.248. The summed E-state index contributed by atoms with van der Waals surface area (Å²) in [6, 6.07) is 2.39. The number of piperazine rings is 1. The maximum Gasteiger partial charge on any atom is 0.242 e. The van der Waals surface area contributed by atoms with Gasteiger partial charge in [0.05, 0.1) is 11.6 Å². The standard InChI is InChI=1S/C15H19Cl2FN2O/c1-9(20-5-4-19-15(2,3)14(20)21)11-6-10(18)7-13(17)12(11)8-16/h6-7,9,19H,4-5,8H2,1-3H3/t9-/m0/s1. The maximum atomic E-state index is 13.7. The van der Waals surface area contributed by atoms with Gasteiger partial charge in [0.1, 0.15) is 5.82 Å². The molecule has 1 aliphatic heterocycles. The van der Waals surface area contributed by atoms with Crippen molar-refractivity contribution in [3.8, 4) is 0 Å². The first kappa shape index (κ1) is 16.5. The number of halogens is 3. The third kappa shape index (κ3) is 3.17. The minimum atomic E-state index is -0.620. The van der Waals surface area contributed by atoms with E-state index in [1.54, 1.807) is 4.90 Å². The highest BCUT2D eigenvalue weighted by Gasteiger charge is 2.38. The smallest absolute Gasteiger partial charge is 0.242 e. The summed E-state index contributed by atoms with van der Waals surface area (Å²) in [6.45, 7) is 6.83. The number of nitrogens with one attached hydrogen (secondary N) is 1. The van der Waals surface area contributed by atoms with Crippen molar-refractivity contribution in [3.05, 3.63) is 34.1 Å². The van der Waals surface area contributed by atoms with Gasteiger partial charge in [-0.2, -0.15) is 0 Å². The second kappa shape index (κ2) is 6.11. The van der Waals surface area contributed by atoms with Crippen molar-refractivity contribution in [1.82, 2.24) is 10.2 Å². The predicted octanol–water partition coefficient (Wildman–Crippen LogP) is 3.49. The minimum Gasteiger partial charge on any atom is -0.333 e. The molecule has 0 radical (unpaired) electrons. The molecule has 0 unspecified atom stereocenters. The third-order valence-electron chi connectivity index (χ3n) is 3.96. The molecule has 1 atom stereocenters. The summed E-state index contributed by atoms with van der Waals surface area (Å²) in [4.78, 5) is 14.3. The summed E-state index contributed by atoms with van der Waals surface area (Å²) < 4.78 is 13.7. The first-order valence-electron chi connectivity index (χ1n) is 6.88. The van der Waals surface area contributed by atoms with Crippen LogP contribution in [0.25, 0.3) is 0 Å². The number of amides is 1. The van der Waals surface area contributed by atoms with Crippen molar-refractivity contribution in [1.29, 1.82) is 0 Å². The molecule has 0 spiro atoms. The van der Waals surface area contributed by atoms with Gasteiger partial charge in [-0.1, -0.05) is 11.6 Å². The van der Waals surface area contributed by atoms with Crippen molar-refractivity contribution in [2.45, 2.75) is 38.2 Å². The van der Waals surface area contributed by atoms with Gasteiger partial charge in [0.2, 0.25) is 5.91 Å². The van der Waals surface area contributed by atoms with Gasteiger partial charge in [0.15, 0.2) is 0 Å². The highest BCUT2D eigenvalue weighted by atomic mass is 35.5. The quantitative estimate of drug-likeness (QED) is 0.859. The fourth-order valence-corrected chi connectivity index (χ4v) is 3.35. The van der Waals surface area contributed by atoms with Crippen molar-refractivity contribution in [3.63, 3.8) is 0 Å². The Hall–Kier alpha value is -0.840. The largest absolute Gasteiger partial charge is 0.333 e. The Kier molecular flexibility index (Phi) is 4.81. The average molecular weight is 333 g/mol. The first-order chi connectivity index (χ1) is 9.77. The van der Waals surface area contributed by atoms with E-state index in [4.69, 9.17) is 23.2 Å². The lowest BCUT2D eigenvalue weighted by atomic mass is 9.95. The molecular weight excluding hydrogens is 314 g/mol. The minimum absolute atomic E-state index is 0.0119. The van der Waals surface area contributed by atoms with Gasteiger partial charge >= 0.3 is 0 Å². The van der Waals surface area contributed by atoms with E-state index >= 15 is 0 Å². The van der Waals surface area contributed by atoms with Crippen LogP contribution in [-0.2, 0) is 10.7 Å². The molecule has 116 valence electrons. The number of hydrogen-bond donors (Lipinski definition) is 1. The molecule has 1 N–H and O–H groups in total. The number of alkyl halides is 1. The van der Waals surface area contributed by atoms with Crippen LogP contribution in [0.5, 0.6) is 0 Å². The van der Waals surface area contributed by atoms with Gasteiger partial charge in [0, 0.05) is 24.0 Å². The lowest BCUT2D eigenvalue weighted by Crippen LogP contribution is -2.61. The van der Waals surface area contributed by atoms with E-state index in [1.165, 1.54) is 12.1 Å². The van der Waals surface area contributed by atoms with E-state index in [-0.39, 0.29) is 17.8 Å². The summed E-state index contributed by atoms with van der Waals surface area (Å²) in [6.07, 6.45) is 0. The molecule has 1 aromatic carbocycles. The van der Waals surface area contributed by atoms with E-state index < -0.39 is 11.4 Å². The normalized spacial score (nSPS) is 19.7. The van der Waals surface area contributed by atoms with Crippen LogP contribution in [0.2, 0.25) is 5.02 Å². The molecule has 21 heavy (non-hydrogen) atoms. The SMILES string of the molecule is C[C@@H](c1cc(F)cc(Cl)c1CCl)N1CCNC(C)(C)C1=O. The van der Waals surface area contributed by atoms with Gasteiger partial charge in [-0.25, -0.2) is 4.39 Å². The molecule has 0 bridgehead atoms. The number of rotatable bonds is 3. The van der Waals surface area contributed by atoms with Crippen LogP contribution in [0.15, 0.2) is 12.1 Å². The Balaban J connectivity index is 2.40. The zero-order chi connectivity index (χ0) is 15.8. The van der Waals surface area contributed by atoms with E-state index in [0.29, 0.717) is 29.2 Å². The summed E-state index contributed by atoms with van der Waals surface area (Å²) in [5.41, 5.74) is 0.725. The van der Waals surface area contributed by atoms with Crippen molar-refractivity contribution in [2.24, 2.45) is 0 Å². The van der Waals surface area contributed by atoms with Crippen LogP contribution in [0, 0.1) is 5.82 Å². The number of carbonyl (C=O) groups excluding carboxylic acids is 1. The molecule has 2 rings (SSSR count). The highest BCUT2D eigenvalue weighted by Crippen LogP contribution is 2.32. The summed E-state index contributed by atoms with van der Waals surface area (Å²) in [7, 11) is 0. The van der Waals surface area contributed by atoms with Gasteiger partial charge < -0.3 is 10.2 Å². The molecule has 1 heterocycles. The van der Waals surface area contributed by atoms with Crippen LogP contribution >= 0.6 is 23.2 Å². The number of nitrogens with zero attached hydrogens (tertiary/aromatic N) is 1. The fraction of sp³-hybridized carbons (Fsp3) is 0.533. The van der Waals surface area contributed by atoms with Crippen molar-refractivity contribution in [2.75, 3.05) is 13.1 Å². The molecule has 0 aliphatic carbocycles. The Morgan fingerprint density at radius 3 is 2.76 bits per heavy atom. The molecular formula is C15H19Cl2FN2O. The Morgan fingerprint density at radius 2 is 2.14 bits per heavy atom. The molecule has 1 aliphatic rings. The molecule has 0 saturated carbocycles. The topological polar surface area (TPSA) is 32.3 Å². The van der Waals surface area contributed by atoms with Crippen LogP contribution in [0.1, 0.15) is 37.9 Å². The molecule has 1 amide bonds. The Morgan fingerprint density at radius 1 is 1.48 bits per heavy atom. The van der Waals surface area contributed by atoms with Crippen molar-refractivity contribution < 1.29 is 9.18 Å². The van der Waals surface area contributed by atoms with Crippen LogP contribution in [0.4, 0.5) is 4.39 Å². The van der Waals surface area contributed by atoms with E-state index in [0.717, 1.165) is 0 Å². The maximum absolute atomic E-state index is 13.7. The third-order valence-corrected chi connectivity index (χ3v) is 4.57. The van der Waals surface area contributed by atoms with Crippen molar-refractivity contribution >= 4 is 29.1 Å². The molecule has 0 aromatic heterocycles. The lowest BCUT2D eigenvalue weighted by molar-refractivity contribution is -0.142. The second-order valence-corrected chi connectivity index (χ2v) is 6.49. The zero-order valence-corrected chi connectivity index (χ0v) is 13.9. The second-order valence-electron chi connectivity index (χ2n) is 5.82. The molecule has 3 nitrogen and oxygen atoms in total. The zero-order valence-electron chi connectivity index (χ0n) is 12.3. The van der Waals surface area contributed by atoms with Gasteiger partial charge in [-0.05, 0) is 44.0 Å². The summed E-state index contributed by atoms with van der Waals surface area (Å²) >= 11 is 12.0. The van der Waals surface area contributed by atoms with Gasteiger partial charge in [-0.3, -0.25) is 4.79 Å². The Bertz CT molecular complexity index is 563. The first-order valence-corrected chi connectivity index (χ1v) is 7.79. The van der Waals surface area contributed by atoms with E-state index in [1.807, 2.05) is 20.8 Å².